The van der Waals surface area contributed by atoms with Gasteiger partial charge in [0.2, 0.25) is 26.0 Å². The number of nitrogens with one attached hydrogen (secondary N) is 5. The zero-order chi connectivity index (χ0) is 78.4. The van der Waals surface area contributed by atoms with E-state index in [-0.39, 0.29) is 38.5 Å². The van der Waals surface area contributed by atoms with Crippen molar-refractivity contribution in [3.05, 3.63) is 223 Å². The number of fused-ring (bicyclic) bond motifs is 5. The van der Waals surface area contributed by atoms with Crippen LogP contribution < -0.4 is 54.7 Å². The molecule has 0 bridgehead atoms. The molecule has 0 radical (unpaired) electrons. The van der Waals surface area contributed by atoms with Crippen LogP contribution in [0.4, 0.5) is 53.3 Å². The maximum Gasteiger partial charge on any atom is 0.414 e. The summed E-state index contributed by atoms with van der Waals surface area (Å²) in [6, 6.07) is 43.3. The monoisotopic (exact) mass is 1590 g/mol. The first-order chi connectivity index (χ1) is 50.8. The molecule has 0 unspecified atom stereocenters. The van der Waals surface area contributed by atoms with Crippen LogP contribution in [0.25, 0.3) is 0 Å². The number of carbonyl (C=O) groups excluding carboxylic acids is 5. The molecule has 7 heterocycles. The van der Waals surface area contributed by atoms with Crippen LogP contribution in [-0.4, -0.2) is 112 Å². The lowest BCUT2D eigenvalue weighted by Crippen LogP contribution is -2.46. The van der Waals surface area contributed by atoms with Gasteiger partial charge in [-0.15, -0.1) is 0 Å². The highest BCUT2D eigenvalue weighted by Gasteiger charge is 2.40. The van der Waals surface area contributed by atoms with Gasteiger partial charge in [0.15, 0.2) is 0 Å². The molecule has 0 saturated heterocycles. The van der Waals surface area contributed by atoms with Crippen molar-refractivity contribution in [2.45, 2.75) is 120 Å². The molecular formula is C74H82ClN11O17S5. The van der Waals surface area contributed by atoms with E-state index in [2.05, 4.69) is 35.8 Å². The molecule has 8 aromatic carbocycles. The summed E-state index contributed by atoms with van der Waals surface area (Å²) < 4.78 is 133. The van der Waals surface area contributed by atoms with Crippen LogP contribution in [-0.2, 0) is 115 Å². The van der Waals surface area contributed by atoms with Crippen molar-refractivity contribution in [1.29, 1.82) is 0 Å². The number of nitrogens with zero attached hydrogens (tertiary/aromatic N) is 4. The van der Waals surface area contributed by atoms with Crippen LogP contribution in [0, 0.1) is 41.5 Å². The van der Waals surface area contributed by atoms with E-state index in [0.717, 1.165) is 98.9 Å². The molecule has 0 fully saturated rings. The fourth-order valence-corrected chi connectivity index (χ4v) is 18.2. The summed E-state index contributed by atoms with van der Waals surface area (Å²) in [4.78, 5) is 65.3. The molecule has 7 amide bonds. The van der Waals surface area contributed by atoms with Crippen molar-refractivity contribution in [2.75, 3.05) is 69.5 Å². The number of primary sulfonamides is 2. The largest absolute Gasteiger partial charge is 0.444 e. The molecule has 0 atom stereocenters. The van der Waals surface area contributed by atoms with Gasteiger partial charge < -0.3 is 20.1 Å². The van der Waals surface area contributed by atoms with Gasteiger partial charge in [0.05, 0.1) is 22.7 Å². The fraction of sp³-hybridized carbons (Fsp3) is 0.284. The molecule has 34 heteroatoms. The Labute approximate surface area is 632 Å². The molecule has 15 rings (SSSR count). The van der Waals surface area contributed by atoms with Gasteiger partial charge in [0.1, 0.15) is 32.8 Å². The fourth-order valence-electron chi connectivity index (χ4n) is 13.3. The van der Waals surface area contributed by atoms with E-state index >= 15 is 0 Å². The third-order valence-electron chi connectivity index (χ3n) is 17.9. The van der Waals surface area contributed by atoms with Crippen LogP contribution in [0.1, 0.15) is 84.8 Å². The highest BCUT2D eigenvalue weighted by Crippen LogP contribution is 2.41. The minimum absolute atomic E-state index is 0.0355. The second-order valence-electron chi connectivity index (χ2n) is 26.5. The van der Waals surface area contributed by atoms with E-state index in [1.165, 1.54) is 55.0 Å². The molecule has 0 saturated carbocycles. The van der Waals surface area contributed by atoms with Crippen LogP contribution in [0.15, 0.2) is 165 Å². The third kappa shape index (κ3) is 19.8. The summed E-state index contributed by atoms with van der Waals surface area (Å²) in [5.74, 6) is -0.693. The number of hydrogen-bond donors (Lipinski definition) is 7. The van der Waals surface area contributed by atoms with Crippen molar-refractivity contribution in [2.24, 2.45) is 10.3 Å². The van der Waals surface area contributed by atoms with Gasteiger partial charge in [0, 0.05) is 68.2 Å². The molecule has 0 aliphatic carbocycles. The standard InChI is InChI=1S/C19H20N2O5S.C17H18N2O4S.C10H11ClN2O3S.C10H10N2O3S.C9H12N2O2S.C9H11N/c1-13-10-16-8-9-21(19(23)26-12-15-6-4-3-5-7-15)18(16)17(11-13)27(24,25)20-14(2)22;1-12-9-14-7-8-19(16(14)15(10-12)24(18,21)22)17(20)23-11-13-5-3-2-4-6-13;1-7-2-3-9-8(6-7)4-5-13(9)10(14)12-17(11,15)16;1-6-4-7-2-3-12-9(7)8(5-6)16(14,15)11-10(12)13;1-6-4-7-2-3-11-9(7)8(5-6)14(10,12)13;1-7-2-3-9-8(6-7)4-5-10-9/h3-7,10-11H,8-9,12H2,1-2H3,(H,20,22);2-6,9-10H,7-8,11H2,1H3,(H2,18,21,22);2-3,6H,4-5H2,1H3,(H,12,14);4-5H,2-3H2,1H3,(H,11,13);4-5,11H,2-3H2,1H3,(H2,10,12,13);2-3,6,10H,4-5H2,1H3. The third-order valence-corrected chi connectivity index (χ3v) is 23.2. The van der Waals surface area contributed by atoms with Gasteiger partial charge in [-0.1, -0.05) is 120 Å². The van der Waals surface area contributed by atoms with Crippen molar-refractivity contribution in [3.63, 3.8) is 0 Å². The van der Waals surface area contributed by atoms with Gasteiger partial charge in [-0.2, -0.15) is 8.42 Å². The molecule has 108 heavy (non-hydrogen) atoms. The summed E-state index contributed by atoms with van der Waals surface area (Å²) in [6.45, 7) is 16.3. The Balaban J connectivity index is 0.000000142. The summed E-state index contributed by atoms with van der Waals surface area (Å²) in [7, 11) is -14.4. The number of aryl methyl sites for hydroxylation is 6. The highest BCUT2D eigenvalue weighted by molar-refractivity contribution is 8.12. The second kappa shape index (κ2) is 33.2. The summed E-state index contributed by atoms with van der Waals surface area (Å²) in [6.07, 6.45) is 3.36. The normalized spacial score (nSPS) is 15.0. The molecule has 0 spiro atoms. The number of sulfonamides is 4. The topological polar surface area (TPSA) is 400 Å². The molecule has 7 aliphatic rings. The first kappa shape index (κ1) is 80.4. The maximum absolute atomic E-state index is 12.6. The molecular weight excluding hydrogens is 1510 g/mol. The number of rotatable bonds is 9. The Hall–Kier alpha value is -10.1. The predicted molar refractivity (Wildman–Crippen MR) is 412 cm³/mol. The minimum Gasteiger partial charge on any atom is -0.444 e. The number of ether oxygens (including phenoxy) is 2. The number of hydrogen-bond acceptors (Lipinski definition) is 19. The Bertz CT molecular complexity index is 5470. The van der Waals surface area contributed by atoms with E-state index in [1.54, 1.807) is 36.8 Å². The highest BCUT2D eigenvalue weighted by atomic mass is 35.7. The van der Waals surface area contributed by atoms with E-state index < -0.39 is 79.5 Å². The smallest absolute Gasteiger partial charge is 0.414 e. The zero-order valence-electron chi connectivity index (χ0n) is 60.1. The molecule has 7 aliphatic heterocycles. The number of urea groups is 2. The second-order valence-corrected chi connectivity index (χ2v) is 35.1. The van der Waals surface area contributed by atoms with E-state index in [0.29, 0.717) is 68.9 Å². The Kier molecular flexibility index (Phi) is 24.7. The molecule has 8 aromatic rings. The Morgan fingerprint density at radius 2 is 0.935 bits per heavy atom. The Morgan fingerprint density at radius 3 is 1.48 bits per heavy atom. The van der Waals surface area contributed by atoms with Gasteiger partial charge in [-0.25, -0.2) is 77.3 Å². The van der Waals surface area contributed by atoms with Crippen LogP contribution in [0.5, 0.6) is 0 Å². The predicted octanol–water partition coefficient (Wildman–Crippen LogP) is 9.75. The first-order valence-electron chi connectivity index (χ1n) is 34.0. The number of anilines is 6. The molecule has 0 aromatic heterocycles. The molecule has 28 nitrogen and oxygen atoms in total. The number of amides is 7. The quantitative estimate of drug-likeness (QED) is 0.0661. The van der Waals surface area contributed by atoms with Crippen LogP contribution in [0.3, 0.4) is 0 Å². The van der Waals surface area contributed by atoms with Gasteiger partial charge in [-0.05, 0) is 183 Å². The maximum atomic E-state index is 12.6. The number of benzene rings is 8. The summed E-state index contributed by atoms with van der Waals surface area (Å²) >= 11 is 0. The summed E-state index contributed by atoms with van der Waals surface area (Å²) in [5, 5.41) is 16.8. The number of nitrogens with two attached hydrogens (primary N) is 2. The molecule has 9 N–H and O–H groups in total. The zero-order valence-corrected chi connectivity index (χ0v) is 64.9. The minimum atomic E-state index is -4.09. The van der Waals surface area contributed by atoms with Gasteiger partial charge in [0.25, 0.3) is 20.0 Å². The molecule has 572 valence electrons. The SMILES string of the molecule is CC(=O)NS(=O)(=O)c1cc(C)cc2c1N(C(=O)OCc1ccccc1)CC2.Cc1cc2c(c(S(N)(=O)=O)c1)N(C(=O)OCc1ccccc1)CC2.Cc1cc2c(c(S(N)(=O)=O)c1)NCC2.Cc1cc2c3c(c1)S(=O)(=O)NC(=O)N3CC2.Cc1ccc2c(c1)CCN2.Cc1ccc2c(c1)CCN2C(=O)NS(=O)(=O)Cl. The van der Waals surface area contributed by atoms with Crippen LogP contribution in [0.2, 0.25) is 0 Å². The average molecular weight is 1590 g/mol. The lowest BCUT2D eigenvalue weighted by atomic mass is 10.1. The van der Waals surface area contributed by atoms with Gasteiger partial charge in [-0.3, -0.25) is 24.4 Å². The number of carbonyl (C=O) groups is 5. The van der Waals surface area contributed by atoms with E-state index in [4.69, 9.17) is 30.4 Å². The Morgan fingerprint density at radius 1 is 0.491 bits per heavy atom. The average Bonchev–Trinajstić information content (AvgIpc) is 1.34. The van der Waals surface area contributed by atoms with Crippen molar-refractivity contribution < 1.29 is 75.5 Å². The van der Waals surface area contributed by atoms with Crippen molar-refractivity contribution in [1.82, 2.24) is 14.2 Å². The number of halogens is 1. The lowest BCUT2D eigenvalue weighted by Gasteiger charge is -2.25. The van der Waals surface area contributed by atoms with E-state index in [1.807, 2.05) is 127 Å². The van der Waals surface area contributed by atoms with Crippen molar-refractivity contribution in [3.8, 4) is 0 Å². The van der Waals surface area contributed by atoms with E-state index in [9.17, 15) is 66.1 Å². The lowest BCUT2D eigenvalue weighted by molar-refractivity contribution is -0.117. The first-order valence-corrected chi connectivity index (χ1v) is 42.4. The van der Waals surface area contributed by atoms with Crippen molar-refractivity contribution >= 4 is 124 Å². The van der Waals surface area contributed by atoms with Gasteiger partial charge >= 0.3 is 33.5 Å². The van der Waals surface area contributed by atoms with Crippen LogP contribution >= 0.6 is 10.7 Å². The summed E-state index contributed by atoms with van der Waals surface area (Å²) in [5.41, 5.74) is 17.4.